The Bertz CT molecular complexity index is 1040. The van der Waals surface area contributed by atoms with Gasteiger partial charge in [-0.1, -0.05) is 59.8 Å². The van der Waals surface area contributed by atoms with Gasteiger partial charge in [-0.3, -0.25) is 9.69 Å². The van der Waals surface area contributed by atoms with Crippen molar-refractivity contribution < 1.29 is 19.0 Å². The average Bonchev–Trinajstić information content (AvgIpc) is 3.39. The molecular weight excluding hydrogens is 466 g/mol. The topological polar surface area (TPSA) is 48.0 Å². The number of benzene rings is 2. The molecule has 0 unspecified atom stereocenters. The largest absolute Gasteiger partial charge is 0.490 e. The lowest BCUT2D eigenvalue weighted by Crippen LogP contribution is -2.35. The normalized spacial score (nSPS) is 19.8. The third kappa shape index (κ3) is 5.46. The summed E-state index contributed by atoms with van der Waals surface area (Å²) in [7, 11) is 0. The Morgan fingerprint density at radius 2 is 2.09 bits per heavy atom. The molecule has 5 nitrogen and oxygen atoms in total. The van der Waals surface area contributed by atoms with Gasteiger partial charge in [0.2, 0.25) is 0 Å². The fraction of sp³-hybridized carbons (Fsp3) is 0.333. The Morgan fingerprint density at radius 3 is 2.84 bits per heavy atom. The number of carbonyl (C=O) groups excluding carboxylic acids is 1. The number of carbonyl (C=O) groups is 1. The van der Waals surface area contributed by atoms with Crippen LogP contribution in [0, 0.1) is 0 Å². The molecule has 2 aromatic carbocycles. The van der Waals surface area contributed by atoms with Gasteiger partial charge in [-0.25, -0.2) is 0 Å². The number of hydrogen-bond acceptors (Lipinski definition) is 6. The Hall–Kier alpha value is -2.06. The fourth-order valence-electron chi connectivity index (χ4n) is 3.57. The van der Waals surface area contributed by atoms with Crippen LogP contribution in [0.15, 0.2) is 47.4 Å². The van der Waals surface area contributed by atoms with Gasteiger partial charge in [-0.05, 0) is 49.6 Å². The van der Waals surface area contributed by atoms with E-state index >= 15 is 0 Å². The Balaban J connectivity index is 1.49. The van der Waals surface area contributed by atoms with E-state index in [2.05, 4.69) is 0 Å². The second-order valence-corrected chi connectivity index (χ2v) is 9.53. The predicted octanol–water partition coefficient (Wildman–Crippen LogP) is 5.70. The average molecular weight is 490 g/mol. The van der Waals surface area contributed by atoms with Crippen LogP contribution < -0.4 is 9.47 Å². The van der Waals surface area contributed by atoms with Crippen molar-refractivity contribution in [2.24, 2.45) is 0 Å². The van der Waals surface area contributed by atoms with Crippen molar-refractivity contribution in [2.45, 2.75) is 32.5 Å². The van der Waals surface area contributed by atoms with Crippen molar-refractivity contribution in [3.05, 3.63) is 63.5 Å². The number of ether oxygens (including phenoxy) is 3. The summed E-state index contributed by atoms with van der Waals surface area (Å²) < 4.78 is 18.0. The molecule has 2 aliphatic rings. The predicted molar refractivity (Wildman–Crippen MR) is 132 cm³/mol. The van der Waals surface area contributed by atoms with Crippen LogP contribution >= 0.6 is 35.6 Å². The lowest BCUT2D eigenvalue weighted by molar-refractivity contribution is -0.123. The molecule has 2 aliphatic heterocycles. The van der Waals surface area contributed by atoms with Crippen molar-refractivity contribution in [1.82, 2.24) is 4.90 Å². The van der Waals surface area contributed by atoms with Gasteiger partial charge in [0, 0.05) is 17.2 Å². The Kier molecular flexibility index (Phi) is 7.73. The van der Waals surface area contributed by atoms with Crippen molar-refractivity contribution in [3.63, 3.8) is 0 Å². The molecule has 0 saturated carbocycles. The van der Waals surface area contributed by atoms with E-state index in [9.17, 15) is 4.79 Å². The molecule has 2 heterocycles. The second-order valence-electron chi connectivity index (χ2n) is 7.45. The van der Waals surface area contributed by atoms with Gasteiger partial charge in [0.15, 0.2) is 11.5 Å². The summed E-state index contributed by atoms with van der Waals surface area (Å²) in [6.45, 7) is 4.01. The summed E-state index contributed by atoms with van der Waals surface area (Å²) in [4.78, 5) is 15.1. The highest BCUT2D eigenvalue weighted by molar-refractivity contribution is 8.26. The van der Waals surface area contributed by atoms with Crippen LogP contribution in [0.2, 0.25) is 5.02 Å². The molecular formula is C24H24ClNO4S2. The van der Waals surface area contributed by atoms with Gasteiger partial charge >= 0.3 is 0 Å². The SMILES string of the molecule is CCOc1cc(/C=C2\SC(=S)N(C[C@H]3CCCO3)C2=O)ccc1OCc1ccccc1Cl. The summed E-state index contributed by atoms with van der Waals surface area (Å²) in [6, 6.07) is 13.2. The molecule has 32 heavy (non-hydrogen) atoms. The lowest BCUT2D eigenvalue weighted by Gasteiger charge is -2.18. The lowest BCUT2D eigenvalue weighted by atomic mass is 10.1. The van der Waals surface area contributed by atoms with E-state index in [-0.39, 0.29) is 12.0 Å². The summed E-state index contributed by atoms with van der Waals surface area (Å²) in [5.74, 6) is 1.16. The van der Waals surface area contributed by atoms with Gasteiger partial charge in [0.25, 0.3) is 5.91 Å². The van der Waals surface area contributed by atoms with E-state index in [1.165, 1.54) is 11.8 Å². The highest BCUT2D eigenvalue weighted by atomic mass is 35.5. The fourth-order valence-corrected chi connectivity index (χ4v) is 5.04. The van der Waals surface area contributed by atoms with Crippen molar-refractivity contribution in [3.8, 4) is 11.5 Å². The molecule has 0 aliphatic carbocycles. The molecule has 2 aromatic rings. The van der Waals surface area contributed by atoms with E-state index in [0.29, 0.717) is 45.5 Å². The van der Waals surface area contributed by atoms with Crippen LogP contribution in [-0.2, 0) is 16.1 Å². The number of hydrogen-bond donors (Lipinski definition) is 0. The van der Waals surface area contributed by atoms with Crippen LogP contribution in [0.1, 0.15) is 30.9 Å². The minimum atomic E-state index is -0.0764. The third-order valence-corrected chi connectivity index (χ3v) is 6.94. The molecule has 4 rings (SSSR count). The van der Waals surface area contributed by atoms with E-state index < -0.39 is 0 Å². The first-order valence-corrected chi connectivity index (χ1v) is 12.2. The Labute approximate surface area is 202 Å². The molecule has 168 valence electrons. The second kappa shape index (κ2) is 10.7. The van der Waals surface area contributed by atoms with Crippen LogP contribution in [0.3, 0.4) is 0 Å². The molecule has 0 aromatic heterocycles. The molecule has 8 heteroatoms. The zero-order valence-corrected chi connectivity index (χ0v) is 20.1. The molecule has 0 radical (unpaired) electrons. The van der Waals surface area contributed by atoms with Gasteiger partial charge < -0.3 is 14.2 Å². The number of thioether (sulfide) groups is 1. The van der Waals surface area contributed by atoms with Gasteiger partial charge in [-0.2, -0.15) is 0 Å². The molecule has 0 N–H and O–H groups in total. The number of rotatable bonds is 8. The first kappa shape index (κ1) is 23.1. The summed E-state index contributed by atoms with van der Waals surface area (Å²) in [6.07, 6.45) is 3.90. The van der Waals surface area contributed by atoms with Crippen LogP contribution in [0.4, 0.5) is 0 Å². The van der Waals surface area contributed by atoms with E-state index in [1.807, 2.05) is 55.5 Å². The van der Waals surface area contributed by atoms with Crippen LogP contribution in [-0.4, -0.2) is 41.0 Å². The van der Waals surface area contributed by atoms with Gasteiger partial charge in [-0.15, -0.1) is 0 Å². The summed E-state index contributed by atoms with van der Waals surface area (Å²) >= 11 is 13.0. The highest BCUT2D eigenvalue weighted by Crippen LogP contribution is 2.36. The van der Waals surface area contributed by atoms with E-state index in [1.54, 1.807) is 4.90 Å². The number of amides is 1. The standard InChI is InChI=1S/C24H24ClNO4S2/c1-2-28-21-12-16(9-10-20(21)30-15-17-6-3-4-8-19(17)25)13-22-23(27)26(24(31)32-22)14-18-7-5-11-29-18/h3-4,6,8-10,12-13,18H,2,5,7,11,14-15H2,1H3/b22-13-/t18-/m1/s1. The third-order valence-electron chi connectivity index (χ3n) is 5.19. The molecule has 2 saturated heterocycles. The van der Waals surface area contributed by atoms with Gasteiger partial charge in [0.05, 0.1) is 24.2 Å². The first-order valence-electron chi connectivity index (χ1n) is 10.5. The van der Waals surface area contributed by atoms with Crippen molar-refractivity contribution in [1.29, 1.82) is 0 Å². The smallest absolute Gasteiger partial charge is 0.266 e. The number of thiocarbonyl (C=S) groups is 1. The molecule has 1 atom stereocenters. The van der Waals surface area contributed by atoms with Crippen LogP contribution in [0.25, 0.3) is 6.08 Å². The summed E-state index contributed by atoms with van der Waals surface area (Å²) in [5, 5.41) is 0.659. The minimum Gasteiger partial charge on any atom is -0.490 e. The molecule has 1 amide bonds. The summed E-state index contributed by atoms with van der Waals surface area (Å²) in [5.41, 5.74) is 1.74. The van der Waals surface area contributed by atoms with Crippen molar-refractivity contribution in [2.75, 3.05) is 19.8 Å². The monoisotopic (exact) mass is 489 g/mol. The highest BCUT2D eigenvalue weighted by Gasteiger charge is 2.34. The number of halogens is 1. The maximum atomic E-state index is 12.9. The maximum Gasteiger partial charge on any atom is 0.266 e. The molecule has 2 fully saturated rings. The molecule has 0 spiro atoms. The molecule has 0 bridgehead atoms. The van der Waals surface area contributed by atoms with Crippen molar-refractivity contribution >= 4 is 51.9 Å². The first-order chi connectivity index (χ1) is 15.5. The minimum absolute atomic E-state index is 0.0657. The van der Waals surface area contributed by atoms with E-state index in [4.69, 9.17) is 38.0 Å². The number of nitrogens with zero attached hydrogens (tertiary/aromatic N) is 1. The Morgan fingerprint density at radius 1 is 1.25 bits per heavy atom. The zero-order chi connectivity index (χ0) is 22.5. The zero-order valence-electron chi connectivity index (χ0n) is 17.7. The van der Waals surface area contributed by atoms with Gasteiger partial charge in [0.1, 0.15) is 10.9 Å². The van der Waals surface area contributed by atoms with E-state index in [0.717, 1.165) is 30.6 Å². The van der Waals surface area contributed by atoms with Crippen LogP contribution in [0.5, 0.6) is 11.5 Å². The quantitative estimate of drug-likeness (QED) is 0.350. The maximum absolute atomic E-state index is 12.9.